The van der Waals surface area contributed by atoms with Crippen molar-refractivity contribution in [2.24, 2.45) is 5.92 Å². The molecule has 1 atom stereocenters. The smallest absolute Gasteiger partial charge is 0.306 e. The summed E-state index contributed by atoms with van der Waals surface area (Å²) in [5.41, 5.74) is 3.99. The Hall–Kier alpha value is -1.60. The fourth-order valence-electron chi connectivity index (χ4n) is 5.08. The van der Waals surface area contributed by atoms with Crippen molar-refractivity contribution >= 4 is 34.3 Å². The first-order valence-electron chi connectivity index (χ1n) is 12.9. The van der Waals surface area contributed by atoms with E-state index < -0.39 is 6.10 Å². The molecule has 7 heteroatoms. The summed E-state index contributed by atoms with van der Waals surface area (Å²) in [7, 11) is 0. The monoisotopic (exact) mass is 581 g/mol. The zero-order valence-corrected chi connectivity index (χ0v) is 24.1. The molecule has 0 aliphatic heterocycles. The molecule has 1 aliphatic carbocycles. The van der Waals surface area contributed by atoms with E-state index in [1.807, 2.05) is 25.1 Å². The van der Waals surface area contributed by atoms with E-state index in [-0.39, 0.29) is 30.5 Å². The van der Waals surface area contributed by atoms with Gasteiger partial charge >= 0.3 is 5.97 Å². The molecule has 0 radical (unpaired) electrons. The highest BCUT2D eigenvalue weighted by atomic mass is 79.9. The molecule has 0 unspecified atom stereocenters. The molecular weight excluding hydrogens is 542 g/mol. The number of aliphatic hydroxyl groups excluding tert-OH is 1. The van der Waals surface area contributed by atoms with E-state index in [1.165, 1.54) is 11.1 Å². The number of halogens is 2. The van der Waals surface area contributed by atoms with Crippen molar-refractivity contribution in [3.63, 3.8) is 0 Å². The summed E-state index contributed by atoms with van der Waals surface area (Å²) < 4.78 is 11.8. The molecular formula is C29H41BrClNO4. The summed E-state index contributed by atoms with van der Waals surface area (Å²) in [4.78, 5) is 11.6. The van der Waals surface area contributed by atoms with Gasteiger partial charge in [-0.15, -0.1) is 12.4 Å². The normalized spacial score (nSPS) is 14.1. The number of rotatable bonds is 14. The third kappa shape index (κ3) is 8.76. The number of aliphatic hydroxyl groups is 1. The summed E-state index contributed by atoms with van der Waals surface area (Å²) in [6.07, 6.45) is 5.75. The van der Waals surface area contributed by atoms with Crippen LogP contribution in [0.1, 0.15) is 63.1 Å². The van der Waals surface area contributed by atoms with Gasteiger partial charge in [0.1, 0.15) is 18.5 Å². The van der Waals surface area contributed by atoms with Crippen LogP contribution in [0.15, 0.2) is 46.9 Å². The van der Waals surface area contributed by atoms with Crippen LogP contribution >= 0.6 is 28.3 Å². The van der Waals surface area contributed by atoms with Crippen molar-refractivity contribution in [2.45, 2.75) is 77.4 Å². The highest BCUT2D eigenvalue weighted by molar-refractivity contribution is 9.10. The van der Waals surface area contributed by atoms with Crippen LogP contribution < -0.4 is 10.1 Å². The van der Waals surface area contributed by atoms with Crippen molar-refractivity contribution in [2.75, 3.05) is 19.8 Å². The first-order valence-corrected chi connectivity index (χ1v) is 13.7. The largest absolute Gasteiger partial charge is 0.490 e. The molecule has 2 aromatic rings. The molecule has 5 nitrogen and oxygen atoms in total. The highest BCUT2D eigenvalue weighted by Gasteiger charge is 2.32. The third-order valence-electron chi connectivity index (χ3n) is 7.23. The number of carbonyl (C=O) groups is 1. The maximum Gasteiger partial charge on any atom is 0.306 e. The van der Waals surface area contributed by atoms with Crippen molar-refractivity contribution in [1.82, 2.24) is 5.32 Å². The minimum absolute atomic E-state index is 0. The number of hydrogen-bond acceptors (Lipinski definition) is 5. The van der Waals surface area contributed by atoms with Gasteiger partial charge in [-0.05, 0) is 96.1 Å². The zero-order valence-electron chi connectivity index (χ0n) is 21.7. The average Bonchev–Trinajstić information content (AvgIpc) is 3.27. The molecule has 0 aromatic heterocycles. The molecule has 0 amide bonds. The summed E-state index contributed by atoms with van der Waals surface area (Å²) >= 11 is 3.53. The lowest BCUT2D eigenvalue weighted by Crippen LogP contribution is -2.49. The molecule has 3 rings (SSSR count). The molecule has 2 N–H and O–H groups in total. The third-order valence-corrected chi connectivity index (χ3v) is 7.89. The van der Waals surface area contributed by atoms with Crippen molar-refractivity contribution in [3.05, 3.63) is 63.6 Å². The van der Waals surface area contributed by atoms with Gasteiger partial charge in [0.2, 0.25) is 0 Å². The lowest BCUT2D eigenvalue weighted by molar-refractivity contribution is -0.143. The second kappa shape index (κ2) is 15.0. The fraction of sp³-hybridized carbons (Fsp3) is 0.552. The molecule has 0 bridgehead atoms. The SMILES string of the molecule is CCOC(=O)CCc1ccc(Br)c(OC[C@H](O)CNC(CC)(CC)CC2Cc3ccccc3C2)c1.Cl. The Labute approximate surface area is 230 Å². The van der Waals surface area contributed by atoms with Gasteiger partial charge in [-0.2, -0.15) is 0 Å². The van der Waals surface area contributed by atoms with Gasteiger partial charge in [-0.1, -0.05) is 44.2 Å². The van der Waals surface area contributed by atoms with Gasteiger partial charge in [0.15, 0.2) is 0 Å². The number of aryl methyl sites for hydroxylation is 1. The van der Waals surface area contributed by atoms with Crippen LogP contribution in [-0.2, 0) is 28.8 Å². The van der Waals surface area contributed by atoms with Gasteiger partial charge in [0.25, 0.3) is 0 Å². The number of nitrogens with one attached hydrogen (secondary N) is 1. The van der Waals surface area contributed by atoms with Gasteiger partial charge in [0, 0.05) is 18.5 Å². The Balaban J connectivity index is 0.00000456. The minimum Gasteiger partial charge on any atom is -0.490 e. The number of hydrogen-bond donors (Lipinski definition) is 2. The highest BCUT2D eigenvalue weighted by Crippen LogP contribution is 2.34. The average molecular weight is 583 g/mol. The standard InChI is InChI=1S/C29H40BrNO4.ClH/c1-4-29(5-2,18-22-15-23-9-7-8-10-24(23)16-22)31-19-25(32)20-35-27-17-21(11-13-26(27)30)12-14-28(33)34-6-3;/h7-11,13,17,22,25,31-32H,4-6,12,14-16,18-20H2,1-3H3;1H/t25-;/m1./s1. The van der Waals surface area contributed by atoms with E-state index in [4.69, 9.17) is 9.47 Å². The van der Waals surface area contributed by atoms with E-state index >= 15 is 0 Å². The zero-order chi connectivity index (χ0) is 25.3. The molecule has 36 heavy (non-hydrogen) atoms. The van der Waals surface area contributed by atoms with Crippen LogP contribution in [0.2, 0.25) is 0 Å². The predicted octanol–water partition coefficient (Wildman–Crippen LogP) is 6.06. The summed E-state index contributed by atoms with van der Waals surface area (Å²) in [6.45, 7) is 7.36. The lowest BCUT2D eigenvalue weighted by atomic mass is 9.81. The van der Waals surface area contributed by atoms with Gasteiger partial charge in [0.05, 0.1) is 11.1 Å². The number of ether oxygens (including phenoxy) is 2. The second-order valence-corrected chi connectivity index (χ2v) is 10.5. The van der Waals surface area contributed by atoms with Crippen molar-refractivity contribution in [1.29, 1.82) is 0 Å². The molecule has 2 aromatic carbocycles. The minimum atomic E-state index is -0.622. The summed E-state index contributed by atoms with van der Waals surface area (Å²) in [5, 5.41) is 14.4. The first-order chi connectivity index (χ1) is 16.9. The number of benzene rings is 2. The Bertz CT molecular complexity index is 941. The topological polar surface area (TPSA) is 67.8 Å². The van der Waals surface area contributed by atoms with Crippen LogP contribution in [0.3, 0.4) is 0 Å². The van der Waals surface area contributed by atoms with E-state index in [2.05, 4.69) is 59.4 Å². The van der Waals surface area contributed by atoms with Crippen LogP contribution in [0.25, 0.3) is 0 Å². The lowest BCUT2D eigenvalue weighted by Gasteiger charge is -2.36. The Morgan fingerprint density at radius 1 is 1.14 bits per heavy atom. The van der Waals surface area contributed by atoms with Crippen molar-refractivity contribution < 1.29 is 19.4 Å². The number of β-amino-alcohol motifs (C(OH)–C–C–N with tert-alkyl or cyclic N) is 1. The Kier molecular flexibility index (Phi) is 12.7. The maximum absolute atomic E-state index is 11.6. The van der Waals surface area contributed by atoms with Crippen LogP contribution in [0, 0.1) is 5.92 Å². The van der Waals surface area contributed by atoms with E-state index in [0.717, 1.165) is 42.1 Å². The second-order valence-electron chi connectivity index (χ2n) is 9.65. The fourth-order valence-corrected chi connectivity index (χ4v) is 5.44. The number of carbonyl (C=O) groups excluding carboxylic acids is 1. The molecule has 0 heterocycles. The number of fused-ring (bicyclic) bond motifs is 1. The van der Waals surface area contributed by atoms with Crippen LogP contribution in [0.4, 0.5) is 0 Å². The van der Waals surface area contributed by atoms with E-state index in [0.29, 0.717) is 37.7 Å². The van der Waals surface area contributed by atoms with Gasteiger partial charge < -0.3 is 19.9 Å². The first kappa shape index (κ1) is 30.6. The molecule has 0 spiro atoms. The Morgan fingerprint density at radius 3 is 2.42 bits per heavy atom. The molecule has 200 valence electrons. The summed E-state index contributed by atoms with van der Waals surface area (Å²) in [6, 6.07) is 14.6. The summed E-state index contributed by atoms with van der Waals surface area (Å²) in [5.74, 6) is 1.11. The van der Waals surface area contributed by atoms with Crippen LogP contribution in [-0.4, -0.2) is 42.5 Å². The predicted molar refractivity (Wildman–Crippen MR) is 151 cm³/mol. The maximum atomic E-state index is 11.6. The van der Waals surface area contributed by atoms with E-state index in [1.54, 1.807) is 0 Å². The molecule has 0 saturated carbocycles. The van der Waals surface area contributed by atoms with E-state index in [9.17, 15) is 9.90 Å². The van der Waals surface area contributed by atoms with Gasteiger partial charge in [-0.3, -0.25) is 4.79 Å². The quantitative estimate of drug-likeness (QED) is 0.265. The molecule has 0 fully saturated rings. The van der Waals surface area contributed by atoms with Crippen LogP contribution in [0.5, 0.6) is 5.75 Å². The van der Waals surface area contributed by atoms with Crippen molar-refractivity contribution in [3.8, 4) is 5.75 Å². The Morgan fingerprint density at radius 2 is 1.81 bits per heavy atom. The number of esters is 1. The van der Waals surface area contributed by atoms with Gasteiger partial charge in [-0.25, -0.2) is 0 Å². The molecule has 0 saturated heterocycles. The molecule has 1 aliphatic rings.